The molecule has 18 nitrogen and oxygen atoms in total. The van der Waals surface area contributed by atoms with E-state index >= 15 is 4.39 Å². The third-order valence-electron chi connectivity index (χ3n) is 8.62. The summed E-state index contributed by atoms with van der Waals surface area (Å²) < 4.78 is 54.1. The minimum Gasteiger partial charge on any atom is -0.364 e. The number of rotatable bonds is 8. The fourth-order valence-corrected chi connectivity index (χ4v) is 9.58. The van der Waals surface area contributed by atoms with Gasteiger partial charge in [0.15, 0.2) is 17.4 Å². The largest absolute Gasteiger partial charge is 0.364 e. The van der Waals surface area contributed by atoms with Crippen LogP contribution in [0.25, 0.3) is 11.2 Å². The van der Waals surface area contributed by atoms with Crippen molar-refractivity contribution in [2.24, 2.45) is 17.8 Å². The SMILES string of the molecule is CC(C)C(=O)Nc1nc2c(ncn2[C@@H]2O[C@@H]3COP(O)(=S)O[C@@H]4[C@@H](COP(=S)(OCCC#N)O[C@@H]2[C@@H]3C)C[C@@H](Nc2ccncn2)[C@H]4F)c(=O)[nH]1. The lowest BCUT2D eigenvalue weighted by atomic mass is 10.0. The number of H-pyrrole nitrogens is 1. The molecule has 0 radical (unpaired) electrons. The predicted molar refractivity (Wildman–Crippen MR) is 186 cm³/mol. The number of ether oxygens (including phenoxy) is 1. The van der Waals surface area contributed by atoms with Gasteiger partial charge in [-0.05, 0) is 36.1 Å². The van der Waals surface area contributed by atoms with E-state index in [1.807, 2.05) is 6.07 Å². The van der Waals surface area contributed by atoms with Gasteiger partial charge in [-0.3, -0.25) is 24.5 Å². The van der Waals surface area contributed by atoms with E-state index in [-0.39, 0.29) is 55.7 Å². The third kappa shape index (κ3) is 8.53. The molecule has 4 N–H and O–H groups in total. The lowest BCUT2D eigenvalue weighted by Crippen LogP contribution is -2.34. The van der Waals surface area contributed by atoms with Crippen LogP contribution < -0.4 is 16.2 Å². The summed E-state index contributed by atoms with van der Waals surface area (Å²) in [4.78, 5) is 55.7. The molecule has 23 heteroatoms. The monoisotopic (exact) mass is 787 g/mol. The van der Waals surface area contributed by atoms with Gasteiger partial charge in [0.2, 0.25) is 11.9 Å². The number of amides is 1. The second-order valence-corrected chi connectivity index (χ2v) is 18.2. The molecule has 1 amide bonds. The Labute approximate surface area is 301 Å². The van der Waals surface area contributed by atoms with E-state index in [2.05, 4.69) is 35.6 Å². The van der Waals surface area contributed by atoms with Crippen LogP contribution >= 0.6 is 13.4 Å². The summed E-state index contributed by atoms with van der Waals surface area (Å²) in [6, 6.07) is 2.76. The number of nitrogens with one attached hydrogen (secondary N) is 3. The summed E-state index contributed by atoms with van der Waals surface area (Å²) >= 11 is 11.2. The molecule has 1 saturated carbocycles. The van der Waals surface area contributed by atoms with Crippen LogP contribution in [0.3, 0.4) is 0 Å². The van der Waals surface area contributed by atoms with Gasteiger partial charge in [0.05, 0.1) is 50.8 Å². The normalized spacial score (nSPS) is 34.2. The molecule has 6 rings (SSSR count). The lowest BCUT2D eigenvalue weighted by Gasteiger charge is -2.31. The van der Waals surface area contributed by atoms with Crippen LogP contribution in [0.15, 0.2) is 29.7 Å². The first-order valence-electron chi connectivity index (χ1n) is 16.0. The highest BCUT2D eigenvalue weighted by Gasteiger charge is 2.51. The standard InChI is InChI=1S/C28H36FN9O9P2S2/c1-14(2)25(39)36-28-35-24-21(26(40)37-28)33-13-38(24)27-22-15(3)18(45-27)11-43-48(41,50)46-23-16(10-44-49(51,47-22)42-8-4-6-30)9-17(20(23)29)34-19-5-7-31-12-32-19/h5,7,12-18,20,22-23,27H,4,8-11H2,1-3H3,(H,41,50)(H,31,32,34)(H2,35,36,37,39,40)/t15-,16-,17-,18-,20-,22-,23-,27-,48?,49?/m1/s1. The van der Waals surface area contributed by atoms with E-state index in [0.717, 1.165) is 0 Å². The molecule has 51 heavy (non-hydrogen) atoms. The minimum absolute atomic E-state index is 0.0223. The van der Waals surface area contributed by atoms with Crippen LogP contribution in [0.4, 0.5) is 16.2 Å². The number of nitriles is 1. The molecular formula is C28H36FN9O9P2S2. The van der Waals surface area contributed by atoms with Crippen LogP contribution in [0, 0.1) is 29.1 Å². The van der Waals surface area contributed by atoms with Crippen LogP contribution in [-0.4, -0.2) is 90.6 Å². The maximum absolute atomic E-state index is 16.0. The number of aromatic amines is 1. The Morgan fingerprint density at radius 3 is 2.80 bits per heavy atom. The quantitative estimate of drug-likeness (QED) is 0.190. The van der Waals surface area contributed by atoms with Gasteiger partial charge >= 0.3 is 13.4 Å². The van der Waals surface area contributed by atoms with E-state index < -0.39 is 73.5 Å². The summed E-state index contributed by atoms with van der Waals surface area (Å²) in [6.07, 6.45) is -1.50. The van der Waals surface area contributed by atoms with Crippen molar-refractivity contribution in [3.63, 3.8) is 0 Å². The Bertz CT molecular complexity index is 1940. The first-order chi connectivity index (χ1) is 24.3. The molecule has 5 heterocycles. The number of nitrogens with zero attached hydrogens (tertiary/aromatic N) is 6. The average molecular weight is 788 g/mol. The molecule has 3 aromatic heterocycles. The van der Waals surface area contributed by atoms with E-state index in [0.29, 0.717) is 5.82 Å². The summed E-state index contributed by atoms with van der Waals surface area (Å²) in [7, 11) is 0. The molecular weight excluding hydrogens is 751 g/mol. The van der Waals surface area contributed by atoms with Crippen LogP contribution in [0.1, 0.15) is 39.8 Å². The summed E-state index contributed by atoms with van der Waals surface area (Å²) in [5.74, 6) is -1.75. The van der Waals surface area contributed by atoms with Gasteiger partial charge in [-0.2, -0.15) is 10.2 Å². The van der Waals surface area contributed by atoms with Gasteiger partial charge in [-0.1, -0.05) is 20.8 Å². The summed E-state index contributed by atoms with van der Waals surface area (Å²) in [5.41, 5.74) is -0.592. The number of carbonyl (C=O) groups is 1. The van der Waals surface area contributed by atoms with Gasteiger partial charge in [0.1, 0.15) is 30.5 Å². The topological polar surface area (TPSA) is 230 Å². The zero-order valence-corrected chi connectivity index (χ0v) is 30.9. The summed E-state index contributed by atoms with van der Waals surface area (Å²) in [6.45, 7) is -3.31. The van der Waals surface area contributed by atoms with E-state index in [9.17, 15) is 19.7 Å². The second kappa shape index (κ2) is 15.6. The zero-order chi connectivity index (χ0) is 36.5. The maximum Gasteiger partial charge on any atom is 0.327 e. The molecule has 3 aliphatic rings. The Hall–Kier alpha value is -2.86. The highest BCUT2D eigenvalue weighted by molar-refractivity contribution is 8.07. The molecule has 3 aromatic rings. The molecule has 2 saturated heterocycles. The Balaban J connectivity index is 1.34. The highest BCUT2D eigenvalue weighted by atomic mass is 32.5. The highest BCUT2D eigenvalue weighted by Crippen LogP contribution is 2.58. The maximum atomic E-state index is 16.0. The number of imidazole rings is 1. The fraction of sp³-hybridized carbons (Fsp3) is 0.607. The Morgan fingerprint density at radius 1 is 1.27 bits per heavy atom. The van der Waals surface area contributed by atoms with E-state index in [1.165, 1.54) is 23.4 Å². The van der Waals surface area contributed by atoms with Crippen molar-refractivity contribution in [2.75, 3.05) is 30.5 Å². The molecule has 0 spiro atoms. The lowest BCUT2D eigenvalue weighted by molar-refractivity contribution is -0.118. The van der Waals surface area contributed by atoms with Crippen LogP contribution in [0.5, 0.6) is 0 Å². The first kappa shape index (κ1) is 37.9. The fourth-order valence-electron chi connectivity index (χ4n) is 5.93. The number of carbonyl (C=O) groups excluding carboxylic acids is 1. The van der Waals surface area contributed by atoms with Gasteiger partial charge in [0, 0.05) is 24.0 Å². The molecule has 1 aliphatic carbocycles. The number of aromatic nitrogens is 6. The van der Waals surface area contributed by atoms with Crippen molar-refractivity contribution < 1.29 is 41.4 Å². The van der Waals surface area contributed by atoms with Crippen molar-refractivity contribution in [3.8, 4) is 6.07 Å². The molecule has 2 aliphatic heterocycles. The van der Waals surface area contributed by atoms with Crippen LogP contribution in [0.2, 0.25) is 0 Å². The number of hydrogen-bond acceptors (Lipinski definition) is 16. The van der Waals surface area contributed by atoms with Crippen molar-refractivity contribution in [2.45, 2.75) is 70.4 Å². The molecule has 0 aromatic carbocycles. The molecule has 2 bridgehead atoms. The third-order valence-corrected chi connectivity index (χ3v) is 12.5. The summed E-state index contributed by atoms with van der Waals surface area (Å²) in [5, 5.41) is 14.8. The first-order valence-corrected chi connectivity index (χ1v) is 21.1. The average Bonchev–Trinajstić information content (AvgIpc) is 3.73. The Morgan fingerprint density at radius 2 is 2.08 bits per heavy atom. The van der Waals surface area contributed by atoms with Gasteiger partial charge in [-0.25, -0.2) is 19.3 Å². The van der Waals surface area contributed by atoms with Crippen LogP contribution in [-0.2, 0) is 55.8 Å². The number of halogens is 1. The molecule has 10 atom stereocenters. The van der Waals surface area contributed by atoms with E-state index in [1.54, 1.807) is 26.8 Å². The molecule has 3 fully saturated rings. The molecule has 2 unspecified atom stereocenters. The number of anilines is 2. The number of hydrogen-bond donors (Lipinski definition) is 4. The van der Waals surface area contributed by atoms with Crippen molar-refractivity contribution in [1.82, 2.24) is 29.5 Å². The van der Waals surface area contributed by atoms with Gasteiger partial charge in [-0.15, -0.1) is 0 Å². The van der Waals surface area contributed by atoms with Crippen molar-refractivity contribution in [3.05, 3.63) is 35.3 Å². The predicted octanol–water partition coefficient (Wildman–Crippen LogP) is 3.07. The zero-order valence-electron chi connectivity index (χ0n) is 27.5. The number of fused-ring (bicyclic) bond motifs is 4. The Kier molecular flexibility index (Phi) is 11.6. The smallest absolute Gasteiger partial charge is 0.327 e. The van der Waals surface area contributed by atoms with Gasteiger partial charge in [0.25, 0.3) is 5.56 Å². The minimum atomic E-state index is -4.07. The number of alkyl halides is 1. The van der Waals surface area contributed by atoms with Crippen molar-refractivity contribution >= 4 is 65.9 Å². The molecule has 276 valence electrons. The van der Waals surface area contributed by atoms with Gasteiger partial charge < -0.3 is 37.6 Å². The van der Waals surface area contributed by atoms with E-state index in [4.69, 9.17) is 51.0 Å². The van der Waals surface area contributed by atoms with Crippen molar-refractivity contribution in [1.29, 1.82) is 5.26 Å². The second-order valence-electron chi connectivity index (χ2n) is 12.5.